The van der Waals surface area contributed by atoms with E-state index in [9.17, 15) is 24.6 Å². The molecule has 2 N–H and O–H groups in total. The third-order valence-electron chi connectivity index (χ3n) is 10.3. The minimum Gasteiger partial charge on any atom is -0.478 e. The number of carbonyl (C=O) groups is 3. The van der Waals surface area contributed by atoms with E-state index in [-0.39, 0.29) is 30.8 Å². The predicted molar refractivity (Wildman–Crippen MR) is 135 cm³/mol. The van der Waals surface area contributed by atoms with Gasteiger partial charge in [0.1, 0.15) is 12.3 Å². The van der Waals surface area contributed by atoms with Crippen LogP contribution in [0.4, 0.5) is 13.6 Å². The number of hydrogen-bond acceptors (Lipinski definition) is 6. The van der Waals surface area contributed by atoms with Crippen molar-refractivity contribution in [1.82, 2.24) is 0 Å². The molecule has 212 valence electrons. The second-order valence-corrected chi connectivity index (χ2v) is 12.6. The van der Waals surface area contributed by atoms with E-state index in [2.05, 4.69) is 0 Å². The zero-order valence-corrected chi connectivity index (χ0v) is 23.0. The second-order valence-electron chi connectivity index (χ2n) is 12.6. The number of carbonyl (C=O) groups excluding carboxylic acids is 2. The number of ether oxygens (including phenoxy) is 2. The van der Waals surface area contributed by atoms with Crippen LogP contribution < -0.4 is 0 Å². The molecule has 3 saturated carbocycles. The van der Waals surface area contributed by atoms with Crippen molar-refractivity contribution in [2.45, 2.75) is 103 Å². The Morgan fingerprint density at radius 1 is 1.21 bits per heavy atom. The first-order valence-electron chi connectivity index (χ1n) is 13.7. The summed E-state index contributed by atoms with van der Waals surface area (Å²) in [6.07, 6.45) is -0.408. The van der Waals surface area contributed by atoms with Gasteiger partial charge in [-0.1, -0.05) is 47.1 Å². The summed E-state index contributed by atoms with van der Waals surface area (Å²) in [7, 11) is 0. The molecule has 38 heavy (non-hydrogen) atoms. The van der Waals surface area contributed by atoms with Crippen LogP contribution in [0.25, 0.3) is 0 Å². The number of rotatable bonds is 6. The molecule has 0 heterocycles. The van der Waals surface area contributed by atoms with Gasteiger partial charge in [-0.05, 0) is 62.2 Å². The lowest BCUT2D eigenvalue weighted by Crippen LogP contribution is -2.71. The zero-order valence-electron chi connectivity index (χ0n) is 23.0. The Balaban J connectivity index is 1.75. The van der Waals surface area contributed by atoms with Crippen molar-refractivity contribution in [3.05, 3.63) is 23.8 Å². The highest BCUT2D eigenvalue weighted by Gasteiger charge is 2.78. The molecular formula is C29H40F2O7. The third-order valence-corrected chi connectivity index (χ3v) is 10.3. The number of alkyl halides is 2. The van der Waals surface area contributed by atoms with Crippen LogP contribution in [0.1, 0.15) is 73.6 Å². The SMILES string of the molecule is CCCC(OC(=O)O[C@@]1(C(=O)O)[C@H](C)C[C@H]2[C@@H]3C[C@H](F)C4=CC(=O)C=C[C@]4(C)C3(F)[C@@H](O)C[C@@]21C)C(C)C. The maximum atomic E-state index is 17.3. The molecule has 3 fully saturated rings. The second kappa shape index (κ2) is 9.42. The van der Waals surface area contributed by atoms with Crippen molar-refractivity contribution in [3.8, 4) is 0 Å². The number of carboxylic acids is 1. The van der Waals surface area contributed by atoms with Crippen LogP contribution in [-0.2, 0) is 19.1 Å². The van der Waals surface area contributed by atoms with Crippen molar-refractivity contribution < 1.29 is 42.9 Å². The molecule has 0 aromatic heterocycles. The Kier molecular flexibility index (Phi) is 7.12. The van der Waals surface area contributed by atoms with Gasteiger partial charge in [0.2, 0.25) is 5.60 Å². The largest absolute Gasteiger partial charge is 0.509 e. The standard InChI is InChI=1S/C29H40F2O7/c1-7-8-22(15(2)3)37-25(36)38-29(24(34)35)16(4)11-18-19-13-21(30)20-12-17(32)9-10-26(20,5)28(19,31)23(33)14-27(18,29)6/h9-10,12,15-16,18-19,21-23,33H,7-8,11,13-14H2,1-6H3,(H,34,35)/t16-,18+,19+,21+,22?,23+,26+,27+,28?,29-/m1/s1. The smallest absolute Gasteiger partial charge is 0.478 e. The van der Waals surface area contributed by atoms with Gasteiger partial charge >= 0.3 is 12.1 Å². The molecule has 0 amide bonds. The number of aliphatic hydroxyl groups is 1. The number of ketones is 1. The maximum absolute atomic E-state index is 17.3. The fraction of sp³-hybridized carbons (Fsp3) is 0.759. The van der Waals surface area contributed by atoms with E-state index >= 15 is 8.78 Å². The van der Waals surface area contributed by atoms with E-state index in [1.54, 1.807) is 13.8 Å². The van der Waals surface area contributed by atoms with Crippen LogP contribution in [-0.4, -0.2) is 57.8 Å². The zero-order chi connectivity index (χ0) is 28.4. The molecule has 0 aromatic rings. The van der Waals surface area contributed by atoms with E-state index in [4.69, 9.17) is 9.47 Å². The fourth-order valence-electron chi connectivity index (χ4n) is 8.33. The Morgan fingerprint density at radius 2 is 1.87 bits per heavy atom. The highest BCUT2D eigenvalue weighted by molar-refractivity contribution is 6.01. The fourth-order valence-corrected chi connectivity index (χ4v) is 8.33. The monoisotopic (exact) mass is 538 g/mol. The van der Waals surface area contributed by atoms with Crippen LogP contribution >= 0.6 is 0 Å². The Labute approximate surface area is 222 Å². The average molecular weight is 539 g/mol. The first kappa shape index (κ1) is 28.7. The molecule has 10 atom stereocenters. The molecule has 0 aromatic carbocycles. The predicted octanol–water partition coefficient (Wildman–Crippen LogP) is 5.35. The molecule has 0 spiro atoms. The Bertz CT molecular complexity index is 1070. The molecule has 4 aliphatic carbocycles. The lowest BCUT2D eigenvalue weighted by Gasteiger charge is -2.62. The van der Waals surface area contributed by atoms with Gasteiger partial charge in [-0.15, -0.1) is 0 Å². The molecule has 2 unspecified atom stereocenters. The summed E-state index contributed by atoms with van der Waals surface area (Å²) in [4.78, 5) is 38.0. The topological polar surface area (TPSA) is 110 Å². The van der Waals surface area contributed by atoms with Gasteiger partial charge in [-0.2, -0.15) is 0 Å². The van der Waals surface area contributed by atoms with Crippen LogP contribution in [0.5, 0.6) is 0 Å². The van der Waals surface area contributed by atoms with Gasteiger partial charge in [0.25, 0.3) is 0 Å². The quantitative estimate of drug-likeness (QED) is 0.439. The van der Waals surface area contributed by atoms with E-state index < -0.39 is 76.1 Å². The molecule has 9 heteroatoms. The van der Waals surface area contributed by atoms with Gasteiger partial charge in [0.15, 0.2) is 11.5 Å². The lowest BCUT2D eigenvalue weighted by atomic mass is 9.44. The van der Waals surface area contributed by atoms with E-state index in [1.807, 2.05) is 20.8 Å². The van der Waals surface area contributed by atoms with Crippen molar-refractivity contribution in [2.75, 3.05) is 0 Å². The van der Waals surface area contributed by atoms with Gasteiger partial charge in [-0.25, -0.2) is 18.4 Å². The summed E-state index contributed by atoms with van der Waals surface area (Å²) in [5, 5.41) is 22.0. The Hall–Kier alpha value is -2.29. The van der Waals surface area contributed by atoms with Crippen molar-refractivity contribution in [3.63, 3.8) is 0 Å². The number of fused-ring (bicyclic) bond motifs is 5. The minimum absolute atomic E-state index is 0.00238. The van der Waals surface area contributed by atoms with Crippen LogP contribution in [0.15, 0.2) is 23.8 Å². The first-order chi connectivity index (χ1) is 17.6. The normalized spacial score (nSPS) is 44.5. The van der Waals surface area contributed by atoms with Crippen molar-refractivity contribution >= 4 is 17.9 Å². The highest BCUT2D eigenvalue weighted by atomic mass is 19.1. The van der Waals surface area contributed by atoms with Gasteiger partial charge in [0, 0.05) is 22.7 Å². The van der Waals surface area contributed by atoms with E-state index in [0.717, 1.165) is 12.5 Å². The number of allylic oxidation sites excluding steroid dienone is 4. The number of hydrogen-bond donors (Lipinski definition) is 2. The van der Waals surface area contributed by atoms with Crippen LogP contribution in [0.3, 0.4) is 0 Å². The minimum atomic E-state index is -2.35. The molecule has 0 bridgehead atoms. The highest BCUT2D eigenvalue weighted by Crippen LogP contribution is 2.71. The number of halogens is 2. The van der Waals surface area contributed by atoms with Gasteiger partial charge in [0.05, 0.1) is 6.10 Å². The van der Waals surface area contributed by atoms with Crippen molar-refractivity contribution in [2.24, 2.45) is 34.5 Å². The van der Waals surface area contributed by atoms with E-state index in [0.29, 0.717) is 6.42 Å². The Morgan fingerprint density at radius 3 is 2.45 bits per heavy atom. The number of carboxylic acid groups (broad SMARTS) is 1. The summed E-state index contributed by atoms with van der Waals surface area (Å²) in [5.74, 6) is -4.39. The molecular weight excluding hydrogens is 498 g/mol. The van der Waals surface area contributed by atoms with Crippen LogP contribution in [0, 0.1) is 34.5 Å². The summed E-state index contributed by atoms with van der Waals surface area (Å²) < 4.78 is 44.2. The maximum Gasteiger partial charge on any atom is 0.509 e. The summed E-state index contributed by atoms with van der Waals surface area (Å²) in [6.45, 7) is 10.4. The summed E-state index contributed by atoms with van der Waals surface area (Å²) in [5.41, 5.74) is -7.43. The molecule has 0 saturated heterocycles. The molecule has 0 aliphatic heterocycles. The third kappa shape index (κ3) is 3.70. The molecule has 0 radical (unpaired) electrons. The molecule has 4 aliphatic rings. The average Bonchev–Trinajstić information content (AvgIpc) is 3.04. The molecule has 4 rings (SSSR count). The van der Waals surface area contributed by atoms with Gasteiger partial charge in [-0.3, -0.25) is 4.79 Å². The lowest BCUT2D eigenvalue weighted by molar-refractivity contribution is -0.232. The first-order valence-corrected chi connectivity index (χ1v) is 13.7. The van der Waals surface area contributed by atoms with E-state index in [1.165, 1.54) is 19.1 Å². The number of aliphatic hydroxyl groups excluding tert-OH is 1. The number of aliphatic carboxylic acids is 1. The van der Waals surface area contributed by atoms with Gasteiger partial charge < -0.3 is 19.7 Å². The van der Waals surface area contributed by atoms with Crippen LogP contribution in [0.2, 0.25) is 0 Å². The van der Waals surface area contributed by atoms with Crippen molar-refractivity contribution in [1.29, 1.82) is 0 Å². The summed E-state index contributed by atoms with van der Waals surface area (Å²) in [6, 6.07) is 0. The summed E-state index contributed by atoms with van der Waals surface area (Å²) >= 11 is 0. The molecule has 7 nitrogen and oxygen atoms in total.